The summed E-state index contributed by atoms with van der Waals surface area (Å²) in [6, 6.07) is 17.8. The highest BCUT2D eigenvalue weighted by atomic mass is 32.1. The molecular formula is C29H33N3O4S. The normalized spacial score (nSPS) is 14.4. The molecule has 0 bridgehead atoms. The number of pyridine rings is 1. The van der Waals surface area contributed by atoms with Crippen molar-refractivity contribution in [3.63, 3.8) is 0 Å². The van der Waals surface area contributed by atoms with Gasteiger partial charge in [-0.2, -0.15) is 0 Å². The van der Waals surface area contributed by atoms with Crippen molar-refractivity contribution >= 4 is 44.0 Å². The molecular weight excluding hydrogens is 486 g/mol. The average Bonchev–Trinajstić information content (AvgIpc) is 3.42. The topological polar surface area (TPSA) is 64.0 Å². The first kappa shape index (κ1) is 25.3. The molecule has 3 heterocycles. The van der Waals surface area contributed by atoms with Crippen LogP contribution in [0.15, 0.2) is 64.8 Å². The molecule has 37 heavy (non-hydrogen) atoms. The van der Waals surface area contributed by atoms with Crippen LogP contribution in [0.5, 0.6) is 5.75 Å². The third-order valence-corrected chi connectivity index (χ3v) is 7.81. The van der Waals surface area contributed by atoms with Crippen LogP contribution >= 0.6 is 11.3 Å². The summed E-state index contributed by atoms with van der Waals surface area (Å²) in [5, 5.41) is 4.44. The Balaban J connectivity index is 1.08. The molecule has 1 aliphatic rings. The molecule has 2 aromatic heterocycles. The Morgan fingerprint density at radius 1 is 1.00 bits per heavy atom. The van der Waals surface area contributed by atoms with E-state index in [4.69, 9.17) is 9.47 Å². The number of carbonyl (C=O) groups is 1. The second-order valence-electron chi connectivity index (χ2n) is 9.31. The van der Waals surface area contributed by atoms with Crippen LogP contribution in [0.3, 0.4) is 0 Å². The molecule has 194 valence electrons. The van der Waals surface area contributed by atoms with E-state index in [1.54, 1.807) is 24.3 Å². The van der Waals surface area contributed by atoms with Gasteiger partial charge >= 0.3 is 5.97 Å². The van der Waals surface area contributed by atoms with Gasteiger partial charge in [0.05, 0.1) is 12.1 Å². The van der Waals surface area contributed by atoms with E-state index in [1.165, 1.54) is 26.4 Å². The number of fused-ring (bicyclic) bond motifs is 2. The smallest absolute Gasteiger partial charge is 0.307 e. The third kappa shape index (κ3) is 5.97. The summed E-state index contributed by atoms with van der Waals surface area (Å²) in [5.74, 6) is 0.377. The van der Waals surface area contributed by atoms with E-state index >= 15 is 0 Å². The van der Waals surface area contributed by atoms with Crippen molar-refractivity contribution in [1.29, 1.82) is 0 Å². The second-order valence-corrected chi connectivity index (χ2v) is 10.3. The molecule has 4 aromatic rings. The zero-order chi connectivity index (χ0) is 25.6. The van der Waals surface area contributed by atoms with E-state index < -0.39 is 0 Å². The minimum absolute atomic E-state index is 0.0953. The number of rotatable bonds is 10. The highest BCUT2D eigenvalue weighted by molar-refractivity contribution is 7.17. The Labute approximate surface area is 220 Å². The number of thiophene rings is 1. The van der Waals surface area contributed by atoms with Gasteiger partial charge in [0.1, 0.15) is 5.75 Å². The predicted molar refractivity (Wildman–Crippen MR) is 150 cm³/mol. The van der Waals surface area contributed by atoms with E-state index in [0.29, 0.717) is 17.9 Å². The van der Waals surface area contributed by atoms with Gasteiger partial charge in [0.15, 0.2) is 6.73 Å². The van der Waals surface area contributed by atoms with Crippen LogP contribution in [0.2, 0.25) is 0 Å². The number of ether oxygens (including phenoxy) is 2. The summed E-state index contributed by atoms with van der Waals surface area (Å²) in [6.07, 6.45) is 2.31. The Kier molecular flexibility index (Phi) is 8.06. The monoisotopic (exact) mass is 519 g/mol. The maximum atomic E-state index is 12.4. The van der Waals surface area contributed by atoms with Crippen LogP contribution in [0.4, 0.5) is 5.69 Å². The largest absolute Gasteiger partial charge is 0.494 e. The maximum Gasteiger partial charge on any atom is 0.307 e. The Bertz CT molecular complexity index is 1420. The highest BCUT2D eigenvalue weighted by Crippen LogP contribution is 2.31. The molecule has 2 aromatic carbocycles. The number of hydrogen-bond acceptors (Lipinski definition) is 7. The summed E-state index contributed by atoms with van der Waals surface area (Å²) in [5.41, 5.74) is 1.85. The van der Waals surface area contributed by atoms with Gasteiger partial charge in [-0.25, -0.2) is 0 Å². The van der Waals surface area contributed by atoms with Gasteiger partial charge in [-0.05, 0) is 66.6 Å². The van der Waals surface area contributed by atoms with Crippen molar-refractivity contribution in [3.8, 4) is 5.75 Å². The first-order valence-corrected chi connectivity index (χ1v) is 13.9. The summed E-state index contributed by atoms with van der Waals surface area (Å²) in [4.78, 5) is 29.0. The molecule has 0 N–H and O–H groups in total. The number of unbranched alkanes of at least 4 members (excludes halogenated alkanes) is 1. The summed E-state index contributed by atoms with van der Waals surface area (Å²) < 4.78 is 14.0. The number of nitrogens with zero attached hydrogens (tertiary/aromatic N) is 3. The molecule has 7 nitrogen and oxygen atoms in total. The van der Waals surface area contributed by atoms with E-state index in [0.717, 1.165) is 51.0 Å². The average molecular weight is 520 g/mol. The fourth-order valence-electron chi connectivity index (χ4n) is 4.82. The lowest BCUT2D eigenvalue weighted by atomic mass is 10.2. The van der Waals surface area contributed by atoms with E-state index in [2.05, 4.69) is 39.4 Å². The van der Waals surface area contributed by atoms with Gasteiger partial charge in [0.25, 0.3) is 5.56 Å². The first-order valence-electron chi connectivity index (χ1n) is 13.0. The number of piperazine rings is 1. The number of aromatic nitrogens is 1. The van der Waals surface area contributed by atoms with E-state index in [-0.39, 0.29) is 24.7 Å². The van der Waals surface area contributed by atoms with Gasteiger partial charge in [0.2, 0.25) is 0 Å². The van der Waals surface area contributed by atoms with Crippen molar-refractivity contribution in [1.82, 2.24) is 9.47 Å². The Hall–Kier alpha value is -3.36. The standard InChI is InChI=1S/C29H33N3O4S/c1-2-29(34)36-21-32-26-20-23(10-8-22(26)9-11-28(32)33)35-18-4-3-13-30-14-16-31(17-15-30)25-6-5-7-27-24(25)12-19-37-27/h5-12,19-20H,2-4,13-18,21H2,1H3. The SMILES string of the molecule is CCC(=O)OCn1c(=O)ccc2ccc(OCCCCN3CCN(c4cccc5sccc45)CC3)cc21. The second kappa shape index (κ2) is 11.8. The molecule has 0 unspecified atom stereocenters. The first-order chi connectivity index (χ1) is 18.1. The van der Waals surface area contributed by atoms with Crippen LogP contribution in [0.1, 0.15) is 26.2 Å². The number of hydrogen-bond donors (Lipinski definition) is 0. The molecule has 0 aliphatic carbocycles. The molecule has 1 saturated heterocycles. The lowest BCUT2D eigenvalue weighted by Gasteiger charge is -2.36. The lowest BCUT2D eigenvalue weighted by molar-refractivity contribution is -0.147. The lowest BCUT2D eigenvalue weighted by Crippen LogP contribution is -2.46. The fourth-order valence-corrected chi connectivity index (χ4v) is 5.63. The van der Waals surface area contributed by atoms with Crippen LogP contribution in [-0.2, 0) is 16.3 Å². The minimum Gasteiger partial charge on any atom is -0.494 e. The molecule has 0 spiro atoms. The van der Waals surface area contributed by atoms with E-state index in [9.17, 15) is 9.59 Å². The van der Waals surface area contributed by atoms with Crippen LogP contribution in [-0.4, -0.2) is 54.8 Å². The number of benzene rings is 2. The van der Waals surface area contributed by atoms with Gasteiger partial charge in [-0.3, -0.25) is 19.1 Å². The summed E-state index contributed by atoms with van der Waals surface area (Å²) in [6.45, 7) is 7.58. The van der Waals surface area contributed by atoms with Gasteiger partial charge < -0.3 is 14.4 Å². The van der Waals surface area contributed by atoms with Crippen LogP contribution < -0.4 is 15.2 Å². The van der Waals surface area contributed by atoms with Gasteiger partial charge in [0, 0.05) is 60.5 Å². The Morgan fingerprint density at radius 3 is 2.68 bits per heavy atom. The molecule has 0 amide bonds. The summed E-state index contributed by atoms with van der Waals surface area (Å²) in [7, 11) is 0. The third-order valence-electron chi connectivity index (χ3n) is 6.93. The predicted octanol–water partition coefficient (Wildman–Crippen LogP) is 5.11. The highest BCUT2D eigenvalue weighted by Gasteiger charge is 2.18. The fraction of sp³-hybridized carbons (Fsp3) is 0.379. The molecule has 0 atom stereocenters. The number of esters is 1. The molecule has 5 rings (SSSR count). The molecule has 8 heteroatoms. The van der Waals surface area contributed by atoms with Crippen LogP contribution in [0.25, 0.3) is 21.0 Å². The van der Waals surface area contributed by atoms with Crippen LogP contribution in [0, 0.1) is 0 Å². The van der Waals surface area contributed by atoms with Crippen molar-refractivity contribution in [3.05, 3.63) is 70.3 Å². The van der Waals surface area contributed by atoms with Crippen molar-refractivity contribution in [2.75, 3.05) is 44.2 Å². The van der Waals surface area contributed by atoms with Crippen molar-refractivity contribution < 1.29 is 14.3 Å². The molecule has 1 fully saturated rings. The zero-order valence-corrected chi connectivity index (χ0v) is 22.0. The summed E-state index contributed by atoms with van der Waals surface area (Å²) >= 11 is 1.80. The molecule has 0 radical (unpaired) electrons. The van der Waals surface area contributed by atoms with Crippen molar-refractivity contribution in [2.24, 2.45) is 0 Å². The minimum atomic E-state index is -0.336. The zero-order valence-electron chi connectivity index (χ0n) is 21.2. The molecule has 1 aliphatic heterocycles. The number of carbonyl (C=O) groups excluding carboxylic acids is 1. The van der Waals surface area contributed by atoms with Crippen molar-refractivity contribution in [2.45, 2.75) is 32.9 Å². The van der Waals surface area contributed by atoms with Gasteiger partial charge in [-0.15, -0.1) is 11.3 Å². The number of anilines is 1. The Morgan fingerprint density at radius 2 is 1.84 bits per heavy atom. The maximum absolute atomic E-state index is 12.4. The quantitative estimate of drug-likeness (QED) is 0.214. The van der Waals surface area contributed by atoms with E-state index in [1.807, 2.05) is 18.2 Å². The van der Waals surface area contributed by atoms with Gasteiger partial charge in [-0.1, -0.05) is 13.0 Å². The molecule has 0 saturated carbocycles.